The molecule has 0 saturated heterocycles. The molecule has 0 saturated carbocycles. The Hall–Kier alpha value is -2.83. The minimum Gasteiger partial charge on any atom is -0.491 e. The number of amides is 2. The summed E-state index contributed by atoms with van der Waals surface area (Å²) in [5, 5.41) is 2.77. The number of hydrogen-bond acceptors (Lipinski definition) is 4. The fourth-order valence-corrected chi connectivity index (χ4v) is 5.46. The van der Waals surface area contributed by atoms with E-state index in [9.17, 15) is 9.59 Å². The van der Waals surface area contributed by atoms with Crippen molar-refractivity contribution in [3.8, 4) is 5.75 Å². The van der Waals surface area contributed by atoms with Gasteiger partial charge in [-0.3, -0.25) is 9.59 Å². The highest BCUT2D eigenvalue weighted by Crippen LogP contribution is 2.34. The largest absolute Gasteiger partial charge is 0.491 e. The molecule has 35 heavy (non-hydrogen) atoms. The average Bonchev–Trinajstić information content (AvgIpc) is 3.33. The van der Waals surface area contributed by atoms with Crippen LogP contribution in [0.15, 0.2) is 53.9 Å². The highest BCUT2D eigenvalue weighted by atomic mass is 35.5. The molecule has 5 nitrogen and oxygen atoms in total. The van der Waals surface area contributed by atoms with E-state index in [0.717, 1.165) is 35.3 Å². The molecule has 0 bridgehead atoms. The van der Waals surface area contributed by atoms with Gasteiger partial charge in [0.1, 0.15) is 18.9 Å². The van der Waals surface area contributed by atoms with Gasteiger partial charge in [0, 0.05) is 28.6 Å². The normalized spacial score (nSPS) is 15.0. The summed E-state index contributed by atoms with van der Waals surface area (Å²) < 4.78 is 6.14. The van der Waals surface area contributed by atoms with E-state index >= 15 is 0 Å². The summed E-state index contributed by atoms with van der Waals surface area (Å²) in [6.45, 7) is 7.48. The molecule has 0 aliphatic carbocycles. The van der Waals surface area contributed by atoms with E-state index in [1.807, 2.05) is 68.1 Å². The summed E-state index contributed by atoms with van der Waals surface area (Å²) in [4.78, 5) is 31.6. The molecular formula is C28H31ClN2O3S. The molecule has 0 spiro atoms. The Bertz CT molecular complexity index is 1190. The predicted molar refractivity (Wildman–Crippen MR) is 142 cm³/mol. The molecule has 2 aromatic carbocycles. The van der Waals surface area contributed by atoms with Gasteiger partial charge in [0.15, 0.2) is 0 Å². The summed E-state index contributed by atoms with van der Waals surface area (Å²) in [7, 11) is 0. The summed E-state index contributed by atoms with van der Waals surface area (Å²) in [6.07, 6.45) is 1.59. The molecule has 4 rings (SSSR count). The molecule has 0 radical (unpaired) electrons. The first-order chi connectivity index (χ1) is 16.9. The summed E-state index contributed by atoms with van der Waals surface area (Å²) in [5.41, 5.74) is 3.78. The second-order valence-electron chi connectivity index (χ2n) is 8.97. The zero-order valence-corrected chi connectivity index (χ0v) is 22.0. The molecule has 184 valence electrons. The van der Waals surface area contributed by atoms with E-state index in [1.54, 1.807) is 16.2 Å². The smallest absolute Gasteiger partial charge is 0.254 e. The highest BCUT2D eigenvalue weighted by Gasteiger charge is 2.33. The third-order valence-electron chi connectivity index (χ3n) is 6.36. The van der Waals surface area contributed by atoms with Gasteiger partial charge in [-0.15, -0.1) is 11.3 Å². The molecular weight excluding hydrogens is 480 g/mol. The molecule has 0 unspecified atom stereocenters. The SMILES string of the molecule is CCCN(CC(=O)N1CCc2sccc2[C@@H]1COc1ccc(Cl)c(C)c1)C(=O)c1ccc(C)cc1. The van der Waals surface area contributed by atoms with Gasteiger partial charge < -0.3 is 14.5 Å². The Balaban J connectivity index is 1.52. The lowest BCUT2D eigenvalue weighted by atomic mass is 10.00. The third-order valence-corrected chi connectivity index (χ3v) is 7.78. The summed E-state index contributed by atoms with van der Waals surface area (Å²) in [5.74, 6) is 0.554. The molecule has 0 fully saturated rings. The Morgan fingerprint density at radius 3 is 2.63 bits per heavy atom. The molecule has 2 amide bonds. The van der Waals surface area contributed by atoms with Crippen LogP contribution in [0.5, 0.6) is 5.75 Å². The van der Waals surface area contributed by atoms with Gasteiger partial charge in [0.25, 0.3) is 5.91 Å². The first kappa shape index (κ1) is 25.3. The van der Waals surface area contributed by atoms with Crippen LogP contribution in [0.4, 0.5) is 0 Å². The summed E-state index contributed by atoms with van der Waals surface area (Å²) >= 11 is 7.88. The number of fused-ring (bicyclic) bond motifs is 1. The average molecular weight is 511 g/mol. The maximum absolute atomic E-state index is 13.6. The lowest BCUT2D eigenvalue weighted by Crippen LogP contribution is -2.48. The Kier molecular flexibility index (Phi) is 8.14. The standard InChI is InChI=1S/C28H31ClN2O3S/c1-4-13-30(28(33)21-7-5-19(2)6-8-21)17-27(32)31-14-11-26-23(12-15-35-26)25(31)18-34-22-9-10-24(29)20(3)16-22/h5-10,12,15-16,25H,4,11,13-14,17-18H2,1-3H3/t25-/m0/s1. The molecule has 0 N–H and O–H groups in total. The minimum atomic E-state index is -0.202. The van der Waals surface area contributed by atoms with Gasteiger partial charge in [0.2, 0.25) is 5.91 Å². The van der Waals surface area contributed by atoms with Crippen LogP contribution in [0.25, 0.3) is 0 Å². The van der Waals surface area contributed by atoms with E-state index in [0.29, 0.717) is 30.3 Å². The van der Waals surface area contributed by atoms with Crippen LogP contribution < -0.4 is 4.74 Å². The number of carbonyl (C=O) groups excluding carboxylic acids is 2. The molecule has 2 heterocycles. The van der Waals surface area contributed by atoms with E-state index in [2.05, 4.69) is 11.4 Å². The number of halogens is 1. The molecule has 1 atom stereocenters. The van der Waals surface area contributed by atoms with Crippen molar-refractivity contribution in [2.75, 3.05) is 26.2 Å². The van der Waals surface area contributed by atoms with Crippen LogP contribution in [0, 0.1) is 13.8 Å². The van der Waals surface area contributed by atoms with Crippen molar-refractivity contribution in [2.24, 2.45) is 0 Å². The van der Waals surface area contributed by atoms with Crippen molar-refractivity contribution in [3.63, 3.8) is 0 Å². The van der Waals surface area contributed by atoms with Crippen LogP contribution in [-0.2, 0) is 11.2 Å². The lowest BCUT2D eigenvalue weighted by Gasteiger charge is -2.37. The van der Waals surface area contributed by atoms with Crippen molar-refractivity contribution < 1.29 is 14.3 Å². The molecule has 3 aromatic rings. The Labute approximate surface area is 216 Å². The van der Waals surface area contributed by atoms with Gasteiger partial charge >= 0.3 is 0 Å². The predicted octanol–water partition coefficient (Wildman–Crippen LogP) is 6.08. The van der Waals surface area contributed by atoms with Gasteiger partial charge in [-0.25, -0.2) is 0 Å². The van der Waals surface area contributed by atoms with Crippen molar-refractivity contribution in [3.05, 3.63) is 86.1 Å². The summed E-state index contributed by atoms with van der Waals surface area (Å²) in [6, 6.07) is 15.0. The van der Waals surface area contributed by atoms with E-state index in [-0.39, 0.29) is 24.4 Å². The zero-order valence-electron chi connectivity index (χ0n) is 20.4. The Morgan fingerprint density at radius 2 is 1.91 bits per heavy atom. The third kappa shape index (κ3) is 5.88. The first-order valence-electron chi connectivity index (χ1n) is 12.0. The van der Waals surface area contributed by atoms with Crippen molar-refractivity contribution in [2.45, 2.75) is 39.7 Å². The molecule has 1 aromatic heterocycles. The number of carbonyl (C=O) groups is 2. The number of rotatable bonds is 8. The maximum Gasteiger partial charge on any atom is 0.254 e. The minimum absolute atomic E-state index is 0.0522. The van der Waals surface area contributed by atoms with Crippen LogP contribution in [0.1, 0.15) is 51.3 Å². The fourth-order valence-electron chi connectivity index (χ4n) is 4.41. The highest BCUT2D eigenvalue weighted by molar-refractivity contribution is 7.10. The van der Waals surface area contributed by atoms with E-state index in [4.69, 9.17) is 16.3 Å². The number of ether oxygens (including phenoxy) is 1. The van der Waals surface area contributed by atoms with Crippen LogP contribution in [0.3, 0.4) is 0 Å². The molecule has 1 aliphatic heterocycles. The van der Waals surface area contributed by atoms with Gasteiger partial charge in [0.05, 0.1) is 6.04 Å². The number of hydrogen-bond donors (Lipinski definition) is 0. The number of benzene rings is 2. The second kappa shape index (κ2) is 11.3. The zero-order chi connectivity index (χ0) is 24.9. The Morgan fingerprint density at radius 1 is 1.14 bits per heavy atom. The van der Waals surface area contributed by atoms with E-state index in [1.165, 1.54) is 4.88 Å². The van der Waals surface area contributed by atoms with Gasteiger partial charge in [-0.05, 0) is 79.6 Å². The van der Waals surface area contributed by atoms with Crippen molar-refractivity contribution in [1.29, 1.82) is 0 Å². The van der Waals surface area contributed by atoms with Gasteiger partial charge in [-0.1, -0.05) is 36.2 Å². The molecule has 1 aliphatic rings. The molecule has 7 heteroatoms. The van der Waals surface area contributed by atoms with Gasteiger partial charge in [-0.2, -0.15) is 0 Å². The van der Waals surface area contributed by atoms with Crippen molar-refractivity contribution in [1.82, 2.24) is 9.80 Å². The number of thiophene rings is 1. The fraction of sp³-hybridized carbons (Fsp3) is 0.357. The van der Waals surface area contributed by atoms with Crippen LogP contribution in [-0.4, -0.2) is 47.9 Å². The van der Waals surface area contributed by atoms with E-state index < -0.39 is 0 Å². The monoisotopic (exact) mass is 510 g/mol. The topological polar surface area (TPSA) is 49.9 Å². The quantitative estimate of drug-likeness (QED) is 0.369. The lowest BCUT2D eigenvalue weighted by molar-refractivity contribution is -0.135. The van der Waals surface area contributed by atoms with Crippen LogP contribution >= 0.6 is 22.9 Å². The van der Waals surface area contributed by atoms with Crippen molar-refractivity contribution >= 4 is 34.8 Å². The second-order valence-corrected chi connectivity index (χ2v) is 10.4. The number of nitrogens with zero attached hydrogens (tertiary/aromatic N) is 2. The first-order valence-corrected chi connectivity index (χ1v) is 13.2. The van der Waals surface area contributed by atoms with Crippen LogP contribution in [0.2, 0.25) is 5.02 Å². The maximum atomic E-state index is 13.6. The number of aryl methyl sites for hydroxylation is 2.